The van der Waals surface area contributed by atoms with Crippen molar-refractivity contribution in [2.24, 2.45) is 11.0 Å². The molecule has 1 aromatic carbocycles. The first-order valence-electron chi connectivity index (χ1n) is 7.18. The number of carbonyl (C=O) groups is 1. The zero-order chi connectivity index (χ0) is 13.9. The standard InChI is InChI=1S/C16H19N3O/c1-11-6-2-4-8-14(11)18-19-16(20)13-10-17-15-9-5-3-7-12(13)15/h3,5,7,9-11,17H,2,4,6,8H2,1H3,(H,19,20)/b18-14+. The first-order chi connectivity index (χ1) is 9.75. The van der Waals surface area contributed by atoms with Crippen LogP contribution in [0.4, 0.5) is 0 Å². The Morgan fingerprint density at radius 2 is 2.20 bits per heavy atom. The zero-order valence-corrected chi connectivity index (χ0v) is 11.6. The Hall–Kier alpha value is -2.10. The molecule has 2 aromatic rings. The van der Waals surface area contributed by atoms with Gasteiger partial charge in [0.05, 0.1) is 5.56 Å². The van der Waals surface area contributed by atoms with Gasteiger partial charge in [-0.3, -0.25) is 4.79 Å². The second-order valence-corrected chi connectivity index (χ2v) is 5.44. The van der Waals surface area contributed by atoms with Gasteiger partial charge in [0, 0.05) is 22.8 Å². The summed E-state index contributed by atoms with van der Waals surface area (Å²) in [4.78, 5) is 15.3. The van der Waals surface area contributed by atoms with Crippen LogP contribution in [-0.4, -0.2) is 16.6 Å². The van der Waals surface area contributed by atoms with E-state index in [0.29, 0.717) is 11.5 Å². The number of benzene rings is 1. The molecule has 1 fully saturated rings. The lowest BCUT2D eigenvalue weighted by Crippen LogP contribution is -2.24. The van der Waals surface area contributed by atoms with Gasteiger partial charge in [-0.15, -0.1) is 0 Å². The van der Waals surface area contributed by atoms with E-state index in [1.807, 2.05) is 24.3 Å². The normalized spacial score (nSPS) is 21.2. The van der Waals surface area contributed by atoms with Gasteiger partial charge in [-0.25, -0.2) is 5.43 Å². The molecule has 1 unspecified atom stereocenters. The minimum absolute atomic E-state index is 0.146. The fourth-order valence-electron chi connectivity index (χ4n) is 2.78. The second-order valence-electron chi connectivity index (χ2n) is 5.44. The number of para-hydroxylation sites is 1. The van der Waals surface area contributed by atoms with Gasteiger partial charge in [0.2, 0.25) is 0 Å². The van der Waals surface area contributed by atoms with E-state index in [1.54, 1.807) is 6.20 Å². The summed E-state index contributed by atoms with van der Waals surface area (Å²) < 4.78 is 0. The molecule has 104 valence electrons. The molecule has 1 aliphatic carbocycles. The Bertz CT molecular complexity index is 657. The van der Waals surface area contributed by atoms with Gasteiger partial charge in [0.15, 0.2) is 0 Å². The number of nitrogens with one attached hydrogen (secondary N) is 2. The van der Waals surface area contributed by atoms with Gasteiger partial charge in [-0.2, -0.15) is 5.10 Å². The number of aromatic nitrogens is 1. The summed E-state index contributed by atoms with van der Waals surface area (Å²) in [5.41, 5.74) is 5.44. The molecule has 1 atom stereocenters. The van der Waals surface area contributed by atoms with E-state index in [4.69, 9.17) is 0 Å². The van der Waals surface area contributed by atoms with E-state index in [1.165, 1.54) is 19.3 Å². The monoisotopic (exact) mass is 269 g/mol. The number of aromatic amines is 1. The molecular weight excluding hydrogens is 250 g/mol. The number of H-pyrrole nitrogens is 1. The number of amides is 1. The first kappa shape index (κ1) is 12.9. The minimum atomic E-state index is -0.146. The Morgan fingerprint density at radius 1 is 1.35 bits per heavy atom. The van der Waals surface area contributed by atoms with E-state index in [9.17, 15) is 4.79 Å². The number of hydrogen-bond acceptors (Lipinski definition) is 2. The smallest absolute Gasteiger partial charge is 0.273 e. The van der Waals surface area contributed by atoms with Crippen molar-refractivity contribution in [1.29, 1.82) is 0 Å². The van der Waals surface area contributed by atoms with Crippen LogP contribution in [0.2, 0.25) is 0 Å². The second kappa shape index (κ2) is 5.49. The fraction of sp³-hybridized carbons (Fsp3) is 0.375. The van der Waals surface area contributed by atoms with Crippen molar-refractivity contribution in [3.63, 3.8) is 0 Å². The minimum Gasteiger partial charge on any atom is -0.360 e. The quantitative estimate of drug-likeness (QED) is 0.806. The average molecular weight is 269 g/mol. The van der Waals surface area contributed by atoms with Crippen LogP contribution in [-0.2, 0) is 0 Å². The molecule has 1 aromatic heterocycles. The van der Waals surface area contributed by atoms with Crippen molar-refractivity contribution in [2.75, 3.05) is 0 Å². The number of hydrogen-bond donors (Lipinski definition) is 2. The van der Waals surface area contributed by atoms with Crippen LogP contribution in [0.1, 0.15) is 43.0 Å². The summed E-state index contributed by atoms with van der Waals surface area (Å²) >= 11 is 0. The third-order valence-electron chi connectivity index (χ3n) is 4.02. The molecule has 3 rings (SSSR count). The van der Waals surface area contributed by atoms with Gasteiger partial charge < -0.3 is 4.98 Å². The van der Waals surface area contributed by atoms with Crippen LogP contribution < -0.4 is 5.43 Å². The highest BCUT2D eigenvalue weighted by Gasteiger charge is 2.17. The summed E-state index contributed by atoms with van der Waals surface area (Å²) in [6.07, 6.45) is 6.34. The number of carbonyl (C=O) groups excluding carboxylic acids is 1. The molecule has 0 radical (unpaired) electrons. The lowest BCUT2D eigenvalue weighted by Gasteiger charge is -2.19. The molecular formula is C16H19N3O. The molecule has 1 heterocycles. The third-order valence-corrected chi connectivity index (χ3v) is 4.02. The molecule has 0 aliphatic heterocycles. The average Bonchev–Trinajstić information content (AvgIpc) is 2.90. The number of fused-ring (bicyclic) bond motifs is 1. The number of nitrogens with zero attached hydrogens (tertiary/aromatic N) is 1. The molecule has 1 amide bonds. The molecule has 20 heavy (non-hydrogen) atoms. The summed E-state index contributed by atoms with van der Waals surface area (Å²) in [7, 11) is 0. The highest BCUT2D eigenvalue weighted by atomic mass is 16.2. The van der Waals surface area contributed by atoms with Crippen molar-refractivity contribution in [3.8, 4) is 0 Å². The number of hydrazone groups is 1. The molecule has 0 spiro atoms. The van der Waals surface area contributed by atoms with Crippen LogP contribution >= 0.6 is 0 Å². The van der Waals surface area contributed by atoms with Crippen molar-refractivity contribution >= 4 is 22.5 Å². The van der Waals surface area contributed by atoms with Crippen molar-refractivity contribution in [1.82, 2.24) is 10.4 Å². The predicted molar refractivity (Wildman–Crippen MR) is 80.8 cm³/mol. The van der Waals surface area contributed by atoms with E-state index < -0.39 is 0 Å². The maximum Gasteiger partial charge on any atom is 0.273 e. The summed E-state index contributed by atoms with van der Waals surface area (Å²) in [5, 5.41) is 5.26. The van der Waals surface area contributed by atoms with Crippen molar-refractivity contribution in [3.05, 3.63) is 36.0 Å². The Morgan fingerprint density at radius 3 is 3.05 bits per heavy atom. The lowest BCUT2D eigenvalue weighted by atomic mass is 9.89. The zero-order valence-electron chi connectivity index (χ0n) is 11.6. The Balaban J connectivity index is 1.78. The molecule has 4 heteroatoms. The molecule has 1 aliphatic rings. The molecule has 4 nitrogen and oxygen atoms in total. The fourth-order valence-corrected chi connectivity index (χ4v) is 2.78. The van der Waals surface area contributed by atoms with Crippen LogP contribution in [0.5, 0.6) is 0 Å². The highest BCUT2D eigenvalue weighted by molar-refractivity contribution is 6.07. The summed E-state index contributed by atoms with van der Waals surface area (Å²) in [6, 6.07) is 7.78. The van der Waals surface area contributed by atoms with E-state index in [-0.39, 0.29) is 5.91 Å². The molecule has 2 N–H and O–H groups in total. The molecule has 1 saturated carbocycles. The van der Waals surface area contributed by atoms with Gasteiger partial charge in [-0.05, 0) is 31.2 Å². The van der Waals surface area contributed by atoms with Crippen LogP contribution in [0.15, 0.2) is 35.6 Å². The van der Waals surface area contributed by atoms with Crippen LogP contribution in [0.25, 0.3) is 10.9 Å². The SMILES string of the molecule is CC1CCCC/C1=N\NC(=O)c1c[nH]c2ccccc12. The maximum absolute atomic E-state index is 12.2. The van der Waals surface area contributed by atoms with Gasteiger partial charge in [0.1, 0.15) is 0 Å². The van der Waals surface area contributed by atoms with Crippen LogP contribution in [0.3, 0.4) is 0 Å². The third kappa shape index (κ3) is 2.46. The van der Waals surface area contributed by atoms with E-state index in [0.717, 1.165) is 23.0 Å². The molecule has 0 saturated heterocycles. The summed E-state index contributed by atoms with van der Waals surface area (Å²) in [5.74, 6) is 0.333. The first-order valence-corrected chi connectivity index (χ1v) is 7.18. The van der Waals surface area contributed by atoms with Crippen molar-refractivity contribution < 1.29 is 4.79 Å². The number of rotatable bonds is 2. The van der Waals surface area contributed by atoms with Crippen molar-refractivity contribution in [2.45, 2.75) is 32.6 Å². The topological polar surface area (TPSA) is 57.2 Å². The van der Waals surface area contributed by atoms with E-state index in [2.05, 4.69) is 22.4 Å². The maximum atomic E-state index is 12.2. The van der Waals surface area contributed by atoms with Gasteiger partial charge in [-0.1, -0.05) is 31.5 Å². The van der Waals surface area contributed by atoms with Gasteiger partial charge >= 0.3 is 0 Å². The van der Waals surface area contributed by atoms with Gasteiger partial charge in [0.25, 0.3) is 5.91 Å². The summed E-state index contributed by atoms with van der Waals surface area (Å²) in [6.45, 7) is 2.18. The predicted octanol–water partition coefficient (Wildman–Crippen LogP) is 3.46. The van der Waals surface area contributed by atoms with E-state index >= 15 is 0 Å². The highest BCUT2D eigenvalue weighted by Crippen LogP contribution is 2.21. The van der Waals surface area contributed by atoms with Crippen LogP contribution in [0, 0.1) is 5.92 Å². The lowest BCUT2D eigenvalue weighted by molar-refractivity contribution is 0.0956. The largest absolute Gasteiger partial charge is 0.360 e. The Labute approximate surface area is 118 Å². The molecule has 0 bridgehead atoms. The Kier molecular flexibility index (Phi) is 3.54.